The molecule has 1 heterocycles. The molecule has 0 spiro atoms. The minimum atomic E-state index is -0.301. The lowest BCUT2D eigenvalue weighted by Gasteiger charge is -2.26. The summed E-state index contributed by atoms with van der Waals surface area (Å²) >= 11 is 0. The van der Waals surface area contributed by atoms with Crippen LogP contribution in [0.2, 0.25) is 0 Å². The first-order chi connectivity index (χ1) is 17.0. The van der Waals surface area contributed by atoms with Crippen LogP contribution >= 0.6 is 0 Å². The van der Waals surface area contributed by atoms with E-state index in [4.69, 9.17) is 5.10 Å². The van der Waals surface area contributed by atoms with E-state index < -0.39 is 0 Å². The first-order valence-electron chi connectivity index (χ1n) is 11.6. The average Bonchev–Trinajstić information content (AvgIpc) is 3.31. The van der Waals surface area contributed by atoms with E-state index >= 15 is 0 Å². The molecule has 7 nitrogen and oxygen atoms in total. The molecule has 1 aromatic heterocycles. The summed E-state index contributed by atoms with van der Waals surface area (Å²) in [5.41, 5.74) is 3.51. The number of urea groups is 1. The standard InChI is InChI=1S/C28H29N5O2/c1-21(2)32(28(35)29-19-22-12-6-3-7-13-22)20-27(34)30-26-18-25(23-14-8-4-9-15-23)31-33(26)24-16-10-5-11-17-24/h3-18,21H,19-20H2,1-2H3,(H,29,35)(H,30,34). The van der Waals surface area contributed by atoms with E-state index in [0.717, 1.165) is 22.5 Å². The zero-order valence-corrected chi connectivity index (χ0v) is 19.9. The first-order valence-corrected chi connectivity index (χ1v) is 11.6. The van der Waals surface area contributed by atoms with Gasteiger partial charge in [-0.15, -0.1) is 0 Å². The summed E-state index contributed by atoms with van der Waals surface area (Å²) in [5, 5.41) is 10.6. The molecule has 0 aliphatic carbocycles. The molecule has 3 aromatic carbocycles. The molecule has 0 saturated heterocycles. The van der Waals surface area contributed by atoms with Gasteiger partial charge in [0, 0.05) is 24.2 Å². The van der Waals surface area contributed by atoms with Gasteiger partial charge in [-0.25, -0.2) is 9.48 Å². The van der Waals surface area contributed by atoms with Crippen molar-refractivity contribution in [2.75, 3.05) is 11.9 Å². The van der Waals surface area contributed by atoms with Crippen molar-refractivity contribution in [3.05, 3.63) is 103 Å². The lowest BCUT2D eigenvalue weighted by Crippen LogP contribution is -2.47. The third-order valence-electron chi connectivity index (χ3n) is 5.53. The van der Waals surface area contributed by atoms with Crippen molar-refractivity contribution in [2.45, 2.75) is 26.4 Å². The van der Waals surface area contributed by atoms with Gasteiger partial charge in [0.05, 0.1) is 11.4 Å². The molecule has 4 aromatic rings. The molecule has 0 aliphatic heterocycles. The number of para-hydroxylation sites is 1. The van der Waals surface area contributed by atoms with Crippen molar-refractivity contribution in [3.8, 4) is 16.9 Å². The molecule has 0 radical (unpaired) electrons. The molecule has 35 heavy (non-hydrogen) atoms. The fourth-order valence-electron chi connectivity index (χ4n) is 3.69. The highest BCUT2D eigenvalue weighted by atomic mass is 16.2. The lowest BCUT2D eigenvalue weighted by atomic mass is 10.1. The Bertz CT molecular complexity index is 1250. The second kappa shape index (κ2) is 11.2. The van der Waals surface area contributed by atoms with Crippen LogP contribution in [0.25, 0.3) is 16.9 Å². The molecule has 0 bridgehead atoms. The molecular formula is C28H29N5O2. The van der Waals surface area contributed by atoms with Crippen molar-refractivity contribution in [2.24, 2.45) is 0 Å². The monoisotopic (exact) mass is 467 g/mol. The van der Waals surface area contributed by atoms with Crippen LogP contribution in [0, 0.1) is 0 Å². The minimum absolute atomic E-state index is 0.0844. The molecular weight excluding hydrogens is 438 g/mol. The van der Waals surface area contributed by atoms with E-state index in [9.17, 15) is 9.59 Å². The maximum absolute atomic E-state index is 13.1. The Kier molecular flexibility index (Phi) is 7.57. The van der Waals surface area contributed by atoms with Crippen LogP contribution in [0.4, 0.5) is 10.6 Å². The summed E-state index contributed by atoms with van der Waals surface area (Å²) in [7, 11) is 0. The SMILES string of the molecule is CC(C)N(CC(=O)Nc1cc(-c2ccccc2)nn1-c1ccccc1)C(=O)NCc1ccccc1. The molecule has 178 valence electrons. The zero-order valence-electron chi connectivity index (χ0n) is 19.9. The molecule has 2 N–H and O–H groups in total. The Labute approximate surface area is 205 Å². The number of benzene rings is 3. The predicted octanol–water partition coefficient (Wildman–Crippen LogP) is 5.10. The van der Waals surface area contributed by atoms with Gasteiger partial charge in [0.2, 0.25) is 5.91 Å². The fourth-order valence-corrected chi connectivity index (χ4v) is 3.69. The molecule has 0 saturated carbocycles. The fraction of sp³-hybridized carbons (Fsp3) is 0.179. The third-order valence-corrected chi connectivity index (χ3v) is 5.53. The van der Waals surface area contributed by atoms with E-state index in [2.05, 4.69) is 10.6 Å². The number of carbonyl (C=O) groups is 2. The Balaban J connectivity index is 1.50. The van der Waals surface area contributed by atoms with Crippen LogP contribution in [-0.4, -0.2) is 39.2 Å². The molecule has 4 rings (SSSR count). The quantitative estimate of drug-likeness (QED) is 0.378. The number of nitrogens with zero attached hydrogens (tertiary/aromatic N) is 3. The van der Waals surface area contributed by atoms with Crippen LogP contribution in [-0.2, 0) is 11.3 Å². The number of aromatic nitrogens is 2. The molecule has 0 atom stereocenters. The summed E-state index contributed by atoms with van der Waals surface area (Å²) < 4.78 is 1.70. The van der Waals surface area contributed by atoms with Gasteiger partial charge >= 0.3 is 6.03 Å². The molecule has 7 heteroatoms. The normalized spacial score (nSPS) is 10.7. The number of hydrogen-bond acceptors (Lipinski definition) is 3. The number of hydrogen-bond donors (Lipinski definition) is 2. The smallest absolute Gasteiger partial charge is 0.318 e. The van der Waals surface area contributed by atoms with E-state index in [1.165, 1.54) is 4.90 Å². The van der Waals surface area contributed by atoms with Gasteiger partial charge < -0.3 is 15.5 Å². The predicted molar refractivity (Wildman–Crippen MR) is 138 cm³/mol. The first kappa shape index (κ1) is 23.8. The number of nitrogens with one attached hydrogen (secondary N) is 2. The number of carbonyl (C=O) groups excluding carboxylic acids is 2. The van der Waals surface area contributed by atoms with Gasteiger partial charge in [-0.2, -0.15) is 5.10 Å². The summed E-state index contributed by atoms with van der Waals surface area (Å²) in [5.74, 6) is 0.235. The lowest BCUT2D eigenvalue weighted by molar-refractivity contribution is -0.117. The van der Waals surface area contributed by atoms with E-state index in [1.54, 1.807) is 4.68 Å². The van der Waals surface area contributed by atoms with Crippen molar-refractivity contribution in [3.63, 3.8) is 0 Å². The van der Waals surface area contributed by atoms with Gasteiger partial charge in [0.15, 0.2) is 0 Å². The molecule has 0 unspecified atom stereocenters. The van der Waals surface area contributed by atoms with E-state index in [-0.39, 0.29) is 24.5 Å². The second-order valence-corrected chi connectivity index (χ2v) is 8.44. The van der Waals surface area contributed by atoms with Gasteiger partial charge in [-0.3, -0.25) is 4.79 Å². The van der Waals surface area contributed by atoms with Gasteiger partial charge in [0.25, 0.3) is 0 Å². The van der Waals surface area contributed by atoms with Crippen LogP contribution < -0.4 is 10.6 Å². The number of amides is 3. The van der Waals surface area contributed by atoms with Gasteiger partial charge in [-0.1, -0.05) is 78.9 Å². The van der Waals surface area contributed by atoms with Crippen LogP contribution in [0.15, 0.2) is 97.1 Å². The van der Waals surface area contributed by atoms with Crippen LogP contribution in [0.3, 0.4) is 0 Å². The molecule has 0 fully saturated rings. The average molecular weight is 468 g/mol. The highest BCUT2D eigenvalue weighted by Crippen LogP contribution is 2.24. The Morgan fingerprint density at radius 1 is 0.886 bits per heavy atom. The summed E-state index contributed by atoms with van der Waals surface area (Å²) in [6.07, 6.45) is 0. The minimum Gasteiger partial charge on any atom is -0.334 e. The maximum Gasteiger partial charge on any atom is 0.318 e. The highest BCUT2D eigenvalue weighted by molar-refractivity contribution is 5.94. The van der Waals surface area contributed by atoms with Gasteiger partial charge in [-0.05, 0) is 31.5 Å². The van der Waals surface area contributed by atoms with Crippen LogP contribution in [0.1, 0.15) is 19.4 Å². The summed E-state index contributed by atoms with van der Waals surface area (Å²) in [6.45, 7) is 4.08. The Morgan fingerprint density at radius 2 is 1.49 bits per heavy atom. The summed E-state index contributed by atoms with van der Waals surface area (Å²) in [4.78, 5) is 27.4. The Morgan fingerprint density at radius 3 is 2.11 bits per heavy atom. The largest absolute Gasteiger partial charge is 0.334 e. The Hall–Kier alpha value is -4.39. The topological polar surface area (TPSA) is 79.3 Å². The molecule has 3 amide bonds. The maximum atomic E-state index is 13.1. The van der Waals surface area contributed by atoms with Crippen molar-refractivity contribution >= 4 is 17.8 Å². The summed E-state index contributed by atoms with van der Waals surface area (Å²) in [6, 6.07) is 30.5. The van der Waals surface area contributed by atoms with Crippen LogP contribution in [0.5, 0.6) is 0 Å². The van der Waals surface area contributed by atoms with Crippen molar-refractivity contribution in [1.29, 1.82) is 0 Å². The second-order valence-electron chi connectivity index (χ2n) is 8.44. The van der Waals surface area contributed by atoms with Crippen molar-refractivity contribution < 1.29 is 9.59 Å². The van der Waals surface area contributed by atoms with E-state index in [0.29, 0.717) is 12.4 Å². The number of rotatable bonds is 8. The van der Waals surface area contributed by atoms with Crippen molar-refractivity contribution in [1.82, 2.24) is 20.0 Å². The number of anilines is 1. The molecule has 0 aliphatic rings. The highest BCUT2D eigenvalue weighted by Gasteiger charge is 2.21. The van der Waals surface area contributed by atoms with E-state index in [1.807, 2.05) is 111 Å². The zero-order chi connectivity index (χ0) is 24.6. The van der Waals surface area contributed by atoms with Gasteiger partial charge in [0.1, 0.15) is 12.4 Å². The third kappa shape index (κ3) is 6.14.